The van der Waals surface area contributed by atoms with Crippen molar-refractivity contribution in [2.24, 2.45) is 7.05 Å². The molecule has 0 aliphatic carbocycles. The molecular formula is C22H18F3N3O3S. The van der Waals surface area contributed by atoms with Crippen molar-refractivity contribution >= 4 is 21.6 Å². The summed E-state index contributed by atoms with van der Waals surface area (Å²) in [6.07, 6.45) is -4.82. The standard InChI is InChI=1S/C22H18F3N3O3S/c1-4-31-16-7-5-12(2)9-14(16)20-15-10-13(6-8-17(15)32-26-20)28-19(29)11-18(22(23,24)25)27(3)21(28)30/h5-11H,4H2,1-3H3. The van der Waals surface area contributed by atoms with E-state index in [1.54, 1.807) is 12.1 Å². The van der Waals surface area contributed by atoms with Gasteiger partial charge in [0.05, 0.1) is 22.7 Å². The predicted octanol–water partition coefficient (Wildman–Crippen LogP) is 4.54. The Balaban J connectivity index is 1.95. The fourth-order valence-corrected chi connectivity index (χ4v) is 4.27. The van der Waals surface area contributed by atoms with Gasteiger partial charge in [-0.05, 0) is 55.7 Å². The van der Waals surface area contributed by atoms with Crippen molar-refractivity contribution in [3.05, 3.63) is 74.6 Å². The largest absolute Gasteiger partial charge is 0.493 e. The van der Waals surface area contributed by atoms with Crippen LogP contribution in [0.15, 0.2) is 52.1 Å². The second-order valence-corrected chi connectivity index (χ2v) is 7.99. The van der Waals surface area contributed by atoms with E-state index in [1.807, 2.05) is 32.0 Å². The normalized spacial score (nSPS) is 11.8. The lowest BCUT2D eigenvalue weighted by Gasteiger charge is -2.14. The van der Waals surface area contributed by atoms with Crippen LogP contribution in [-0.2, 0) is 13.2 Å². The molecule has 10 heteroatoms. The van der Waals surface area contributed by atoms with Crippen molar-refractivity contribution < 1.29 is 17.9 Å². The third kappa shape index (κ3) is 3.70. The summed E-state index contributed by atoms with van der Waals surface area (Å²) in [5.74, 6) is 0.637. The Morgan fingerprint density at radius 1 is 1.09 bits per heavy atom. The Hall–Kier alpha value is -3.40. The van der Waals surface area contributed by atoms with E-state index in [9.17, 15) is 22.8 Å². The predicted molar refractivity (Wildman–Crippen MR) is 117 cm³/mol. The molecule has 0 fully saturated rings. The van der Waals surface area contributed by atoms with E-state index in [2.05, 4.69) is 4.37 Å². The smallest absolute Gasteiger partial charge is 0.431 e. The maximum Gasteiger partial charge on any atom is 0.431 e. The zero-order valence-corrected chi connectivity index (χ0v) is 18.2. The third-order valence-corrected chi connectivity index (χ3v) is 5.84. The Bertz CT molecular complexity index is 1450. The number of hydrogen-bond acceptors (Lipinski definition) is 5. The zero-order chi connectivity index (χ0) is 23.2. The molecule has 2 aromatic carbocycles. The van der Waals surface area contributed by atoms with Gasteiger partial charge in [0.15, 0.2) is 0 Å². The maximum atomic E-state index is 13.2. The molecule has 0 saturated carbocycles. The molecule has 4 rings (SSSR count). The van der Waals surface area contributed by atoms with Crippen molar-refractivity contribution in [2.45, 2.75) is 20.0 Å². The van der Waals surface area contributed by atoms with Crippen molar-refractivity contribution in [2.75, 3.05) is 6.61 Å². The van der Waals surface area contributed by atoms with E-state index in [-0.39, 0.29) is 5.69 Å². The van der Waals surface area contributed by atoms with Crippen LogP contribution in [0.2, 0.25) is 0 Å². The van der Waals surface area contributed by atoms with Crippen LogP contribution in [-0.4, -0.2) is 20.1 Å². The number of rotatable bonds is 4. The fourth-order valence-electron chi connectivity index (χ4n) is 3.51. The van der Waals surface area contributed by atoms with Gasteiger partial charge < -0.3 is 4.74 Å². The van der Waals surface area contributed by atoms with Gasteiger partial charge in [-0.3, -0.25) is 9.36 Å². The van der Waals surface area contributed by atoms with Crippen LogP contribution < -0.4 is 16.0 Å². The Morgan fingerprint density at radius 2 is 1.84 bits per heavy atom. The highest BCUT2D eigenvalue weighted by Crippen LogP contribution is 2.37. The average Bonchev–Trinajstić information content (AvgIpc) is 3.14. The minimum Gasteiger partial charge on any atom is -0.493 e. The number of aromatic nitrogens is 3. The summed E-state index contributed by atoms with van der Waals surface area (Å²) < 4.78 is 51.7. The van der Waals surface area contributed by atoms with Gasteiger partial charge in [-0.1, -0.05) is 11.6 Å². The Morgan fingerprint density at radius 3 is 2.53 bits per heavy atom. The lowest BCUT2D eigenvalue weighted by Crippen LogP contribution is -2.40. The minimum absolute atomic E-state index is 0.156. The number of ether oxygens (including phenoxy) is 1. The SMILES string of the molecule is CCOc1ccc(C)cc1-c1nsc2ccc(-n3c(=O)cc(C(F)(F)F)n(C)c3=O)cc12. The number of fused-ring (bicyclic) bond motifs is 1. The lowest BCUT2D eigenvalue weighted by molar-refractivity contribution is -0.144. The quantitative estimate of drug-likeness (QED) is 0.448. The molecular weight excluding hydrogens is 443 g/mol. The van der Waals surface area contributed by atoms with E-state index in [4.69, 9.17) is 4.74 Å². The molecule has 0 atom stereocenters. The van der Waals surface area contributed by atoms with Crippen molar-refractivity contribution in [1.82, 2.24) is 13.5 Å². The molecule has 166 valence electrons. The number of benzene rings is 2. The summed E-state index contributed by atoms with van der Waals surface area (Å²) in [6.45, 7) is 4.26. The van der Waals surface area contributed by atoms with Gasteiger partial charge in [0, 0.05) is 24.1 Å². The number of hydrogen-bond donors (Lipinski definition) is 0. The van der Waals surface area contributed by atoms with Crippen LogP contribution in [0.3, 0.4) is 0 Å². The molecule has 6 nitrogen and oxygen atoms in total. The van der Waals surface area contributed by atoms with Crippen LogP contribution in [0.1, 0.15) is 18.2 Å². The van der Waals surface area contributed by atoms with Gasteiger partial charge in [-0.25, -0.2) is 9.36 Å². The number of nitrogens with zero attached hydrogens (tertiary/aromatic N) is 3. The van der Waals surface area contributed by atoms with Crippen LogP contribution >= 0.6 is 11.5 Å². The molecule has 0 unspecified atom stereocenters. The molecule has 0 amide bonds. The summed E-state index contributed by atoms with van der Waals surface area (Å²) in [6, 6.07) is 10.9. The second-order valence-electron chi connectivity index (χ2n) is 7.19. The highest BCUT2D eigenvalue weighted by atomic mass is 32.1. The van der Waals surface area contributed by atoms with E-state index >= 15 is 0 Å². The van der Waals surface area contributed by atoms with E-state index in [0.29, 0.717) is 34.1 Å². The maximum absolute atomic E-state index is 13.2. The molecule has 0 bridgehead atoms. The summed E-state index contributed by atoms with van der Waals surface area (Å²) >= 11 is 1.24. The third-order valence-electron chi connectivity index (χ3n) is 5.01. The summed E-state index contributed by atoms with van der Waals surface area (Å²) in [7, 11) is 0.984. The van der Waals surface area contributed by atoms with Crippen LogP contribution in [0, 0.1) is 6.92 Å². The monoisotopic (exact) mass is 461 g/mol. The first kappa shape index (κ1) is 21.8. The fraction of sp³-hybridized carbons (Fsp3) is 0.227. The first-order valence-corrected chi connectivity index (χ1v) is 10.4. The lowest BCUT2D eigenvalue weighted by atomic mass is 10.0. The van der Waals surface area contributed by atoms with Crippen molar-refractivity contribution in [3.63, 3.8) is 0 Å². The molecule has 2 aromatic heterocycles. The van der Waals surface area contributed by atoms with Crippen LogP contribution in [0.4, 0.5) is 13.2 Å². The van der Waals surface area contributed by atoms with Gasteiger partial charge in [0.25, 0.3) is 5.56 Å². The minimum atomic E-state index is -4.82. The molecule has 2 heterocycles. The molecule has 0 aliphatic heterocycles. The summed E-state index contributed by atoms with van der Waals surface area (Å²) in [5, 5.41) is 0.660. The molecule has 4 aromatic rings. The van der Waals surface area contributed by atoms with Crippen molar-refractivity contribution in [1.29, 1.82) is 0 Å². The Kier molecular flexibility index (Phi) is 5.41. The molecule has 32 heavy (non-hydrogen) atoms. The average molecular weight is 461 g/mol. The molecule has 0 N–H and O–H groups in total. The molecule has 0 spiro atoms. The topological polar surface area (TPSA) is 66.1 Å². The molecule has 0 aliphatic rings. The Labute approximate surface area is 184 Å². The highest BCUT2D eigenvalue weighted by Gasteiger charge is 2.35. The van der Waals surface area contributed by atoms with E-state index in [0.717, 1.165) is 27.4 Å². The summed E-state index contributed by atoms with van der Waals surface area (Å²) in [5.41, 5.74) is -0.936. The summed E-state index contributed by atoms with van der Waals surface area (Å²) in [4.78, 5) is 25.2. The highest BCUT2D eigenvalue weighted by molar-refractivity contribution is 7.13. The van der Waals surface area contributed by atoms with Gasteiger partial charge >= 0.3 is 11.9 Å². The molecule has 0 radical (unpaired) electrons. The van der Waals surface area contributed by atoms with Gasteiger partial charge in [0.1, 0.15) is 11.4 Å². The number of alkyl halides is 3. The van der Waals surface area contributed by atoms with Crippen LogP contribution in [0.5, 0.6) is 5.75 Å². The first-order chi connectivity index (χ1) is 15.1. The second kappa shape index (κ2) is 7.94. The number of aryl methyl sites for hydroxylation is 1. The van der Waals surface area contributed by atoms with E-state index < -0.39 is 23.1 Å². The zero-order valence-electron chi connectivity index (χ0n) is 17.4. The van der Waals surface area contributed by atoms with Gasteiger partial charge in [-0.15, -0.1) is 0 Å². The van der Waals surface area contributed by atoms with E-state index in [1.165, 1.54) is 17.6 Å². The first-order valence-electron chi connectivity index (χ1n) is 9.65. The number of halogens is 3. The van der Waals surface area contributed by atoms with Crippen LogP contribution in [0.25, 0.3) is 27.0 Å². The van der Waals surface area contributed by atoms with Gasteiger partial charge in [0.2, 0.25) is 0 Å². The van der Waals surface area contributed by atoms with Gasteiger partial charge in [-0.2, -0.15) is 17.5 Å². The molecule has 0 saturated heterocycles. The van der Waals surface area contributed by atoms with Crippen molar-refractivity contribution in [3.8, 4) is 22.7 Å².